The average Bonchev–Trinajstić information content (AvgIpc) is 2.87. The molecule has 3 rings (SSSR count). The van der Waals surface area contributed by atoms with Crippen LogP contribution in [-0.2, 0) is 0 Å². The Kier molecular flexibility index (Phi) is 3.75. The van der Waals surface area contributed by atoms with E-state index in [9.17, 15) is 0 Å². The molecule has 0 saturated carbocycles. The van der Waals surface area contributed by atoms with E-state index in [0.717, 1.165) is 28.1 Å². The second kappa shape index (κ2) is 5.48. The fraction of sp³-hybridized carbons (Fsp3) is 0.214. The number of nitrogens with two attached hydrogens (primary N) is 1. The van der Waals surface area contributed by atoms with Crippen molar-refractivity contribution in [2.45, 2.75) is 20.8 Å². The highest BCUT2D eigenvalue weighted by Gasteiger charge is 2.07. The first kappa shape index (κ1) is 13.0. The van der Waals surface area contributed by atoms with Gasteiger partial charge in [-0.15, -0.1) is 0 Å². The molecule has 0 bridgehead atoms. The van der Waals surface area contributed by atoms with E-state index in [0.29, 0.717) is 5.82 Å². The fourth-order valence-electron chi connectivity index (χ4n) is 1.72. The van der Waals surface area contributed by atoms with Gasteiger partial charge < -0.3 is 10.7 Å². The minimum Gasteiger partial charge on any atom is -0.384 e. The van der Waals surface area contributed by atoms with Gasteiger partial charge in [-0.2, -0.15) is 0 Å². The van der Waals surface area contributed by atoms with Crippen LogP contribution in [0.15, 0.2) is 30.6 Å². The summed E-state index contributed by atoms with van der Waals surface area (Å²) < 4.78 is 0. The highest BCUT2D eigenvalue weighted by Crippen LogP contribution is 2.20. The Bertz CT molecular complexity index is 670. The Morgan fingerprint density at radius 2 is 1.89 bits per heavy atom. The lowest BCUT2D eigenvalue weighted by molar-refractivity contribution is 1.27. The molecule has 3 aromatic heterocycles. The van der Waals surface area contributed by atoms with Gasteiger partial charge in [-0.1, -0.05) is 13.8 Å². The maximum absolute atomic E-state index is 5.55. The maximum atomic E-state index is 5.55. The molecule has 0 unspecified atom stereocenters. The van der Waals surface area contributed by atoms with Gasteiger partial charge in [0, 0.05) is 18.0 Å². The van der Waals surface area contributed by atoms with Gasteiger partial charge in [0.2, 0.25) is 0 Å². The first-order valence-corrected chi connectivity index (χ1v) is 6.27. The molecule has 0 aliphatic rings. The van der Waals surface area contributed by atoms with E-state index in [1.165, 1.54) is 0 Å². The highest BCUT2D eigenvalue weighted by molar-refractivity contribution is 5.78. The first-order chi connectivity index (χ1) is 9.24. The Morgan fingerprint density at radius 1 is 1.11 bits per heavy atom. The second-order valence-electron chi connectivity index (χ2n) is 3.88. The molecule has 3 aromatic rings. The number of imidazole rings is 1. The predicted octanol–water partition coefficient (Wildman–Crippen LogP) is 2.94. The summed E-state index contributed by atoms with van der Waals surface area (Å²) in [5.74, 6) is 1.26. The van der Waals surface area contributed by atoms with E-state index in [1.54, 1.807) is 18.5 Å². The lowest BCUT2D eigenvalue weighted by atomic mass is 10.2. The number of hydrogen-bond donors (Lipinski definition) is 2. The summed E-state index contributed by atoms with van der Waals surface area (Å²) in [7, 11) is 0. The Morgan fingerprint density at radius 3 is 2.53 bits per heavy atom. The van der Waals surface area contributed by atoms with Gasteiger partial charge in [0.05, 0.1) is 5.52 Å². The van der Waals surface area contributed by atoms with Crippen LogP contribution in [0, 0.1) is 6.92 Å². The monoisotopic (exact) mass is 255 g/mol. The number of anilines is 1. The number of aryl methyl sites for hydroxylation is 1. The molecule has 5 heteroatoms. The molecule has 0 amide bonds. The molecule has 3 heterocycles. The molecule has 3 N–H and O–H groups in total. The topological polar surface area (TPSA) is 80.5 Å². The van der Waals surface area contributed by atoms with Crippen LogP contribution in [-0.4, -0.2) is 19.9 Å². The van der Waals surface area contributed by atoms with Crippen LogP contribution in [0.3, 0.4) is 0 Å². The van der Waals surface area contributed by atoms with Gasteiger partial charge in [0.15, 0.2) is 5.65 Å². The van der Waals surface area contributed by atoms with E-state index in [4.69, 9.17) is 5.73 Å². The Labute approximate surface area is 111 Å². The SMILES string of the molecule is CC.Cc1ccnc2nc(-c3ccc(N)nc3)[nH]c12. The number of rotatable bonds is 1. The van der Waals surface area contributed by atoms with Gasteiger partial charge in [0.25, 0.3) is 0 Å². The minimum absolute atomic E-state index is 0.499. The second-order valence-corrected chi connectivity index (χ2v) is 3.88. The van der Waals surface area contributed by atoms with Crippen molar-refractivity contribution >= 4 is 17.0 Å². The smallest absolute Gasteiger partial charge is 0.178 e. The summed E-state index contributed by atoms with van der Waals surface area (Å²) >= 11 is 0. The summed E-state index contributed by atoms with van der Waals surface area (Å²) in [4.78, 5) is 15.9. The standard InChI is InChI=1S/C12H11N5.C2H6/c1-7-4-5-14-12-10(7)16-11(17-12)8-2-3-9(13)15-6-8;1-2/h2-6H,1H3,(H2,13,15)(H,14,16,17);1-2H3. The molecular weight excluding hydrogens is 238 g/mol. The van der Waals surface area contributed by atoms with Crippen molar-refractivity contribution in [1.29, 1.82) is 0 Å². The summed E-state index contributed by atoms with van der Waals surface area (Å²) in [6, 6.07) is 5.59. The van der Waals surface area contributed by atoms with Crippen molar-refractivity contribution in [2.75, 3.05) is 5.73 Å². The van der Waals surface area contributed by atoms with Crippen LogP contribution in [0.5, 0.6) is 0 Å². The Balaban J connectivity index is 0.000000637. The Hall–Kier alpha value is -2.43. The van der Waals surface area contributed by atoms with Gasteiger partial charge >= 0.3 is 0 Å². The summed E-state index contributed by atoms with van der Waals surface area (Å²) in [6.07, 6.45) is 3.45. The molecule has 0 aromatic carbocycles. The van der Waals surface area contributed by atoms with Crippen LogP contribution >= 0.6 is 0 Å². The van der Waals surface area contributed by atoms with E-state index in [-0.39, 0.29) is 0 Å². The van der Waals surface area contributed by atoms with Crippen LogP contribution in [0.25, 0.3) is 22.6 Å². The van der Waals surface area contributed by atoms with Crippen molar-refractivity contribution in [2.24, 2.45) is 0 Å². The fourth-order valence-corrected chi connectivity index (χ4v) is 1.72. The molecule has 0 atom stereocenters. The van der Waals surface area contributed by atoms with Gasteiger partial charge in [-0.25, -0.2) is 15.0 Å². The molecule has 0 spiro atoms. The van der Waals surface area contributed by atoms with E-state index >= 15 is 0 Å². The van der Waals surface area contributed by atoms with Crippen LogP contribution in [0.4, 0.5) is 5.82 Å². The molecule has 19 heavy (non-hydrogen) atoms. The maximum Gasteiger partial charge on any atom is 0.178 e. The molecular formula is C14H17N5. The number of hydrogen-bond acceptors (Lipinski definition) is 4. The number of aromatic amines is 1. The largest absolute Gasteiger partial charge is 0.384 e. The summed E-state index contributed by atoms with van der Waals surface area (Å²) in [6.45, 7) is 6.02. The van der Waals surface area contributed by atoms with Crippen molar-refractivity contribution in [3.8, 4) is 11.4 Å². The lowest BCUT2D eigenvalue weighted by Crippen LogP contribution is -1.89. The van der Waals surface area contributed by atoms with Crippen molar-refractivity contribution < 1.29 is 0 Å². The highest BCUT2D eigenvalue weighted by atomic mass is 15.0. The third-order valence-corrected chi connectivity index (χ3v) is 2.66. The van der Waals surface area contributed by atoms with Gasteiger partial charge in [0.1, 0.15) is 11.6 Å². The number of nitrogens with zero attached hydrogens (tertiary/aromatic N) is 3. The predicted molar refractivity (Wildman–Crippen MR) is 77.6 cm³/mol. The zero-order valence-corrected chi connectivity index (χ0v) is 11.3. The van der Waals surface area contributed by atoms with Gasteiger partial charge in [-0.3, -0.25) is 0 Å². The van der Waals surface area contributed by atoms with Crippen LogP contribution in [0.1, 0.15) is 19.4 Å². The van der Waals surface area contributed by atoms with Crippen molar-refractivity contribution in [3.63, 3.8) is 0 Å². The molecule has 0 aliphatic heterocycles. The minimum atomic E-state index is 0.499. The number of pyridine rings is 2. The van der Waals surface area contributed by atoms with Crippen molar-refractivity contribution in [1.82, 2.24) is 19.9 Å². The number of nitrogen functional groups attached to an aromatic ring is 1. The third-order valence-electron chi connectivity index (χ3n) is 2.66. The molecule has 0 saturated heterocycles. The van der Waals surface area contributed by atoms with Crippen LogP contribution < -0.4 is 5.73 Å². The van der Waals surface area contributed by atoms with E-state index in [2.05, 4.69) is 19.9 Å². The lowest BCUT2D eigenvalue weighted by Gasteiger charge is -1.95. The summed E-state index contributed by atoms with van der Waals surface area (Å²) in [5.41, 5.74) is 9.25. The molecule has 0 aliphatic carbocycles. The zero-order chi connectivity index (χ0) is 13.8. The quantitative estimate of drug-likeness (QED) is 0.700. The third kappa shape index (κ3) is 2.54. The average molecular weight is 255 g/mol. The molecule has 5 nitrogen and oxygen atoms in total. The first-order valence-electron chi connectivity index (χ1n) is 6.27. The summed E-state index contributed by atoms with van der Waals surface area (Å²) in [5, 5.41) is 0. The molecule has 0 fully saturated rings. The van der Waals surface area contributed by atoms with Crippen LogP contribution in [0.2, 0.25) is 0 Å². The van der Waals surface area contributed by atoms with E-state index < -0.39 is 0 Å². The molecule has 98 valence electrons. The van der Waals surface area contributed by atoms with Gasteiger partial charge in [-0.05, 0) is 30.7 Å². The number of aromatic nitrogens is 4. The number of H-pyrrole nitrogens is 1. The number of fused-ring (bicyclic) bond motifs is 1. The number of nitrogens with one attached hydrogen (secondary N) is 1. The van der Waals surface area contributed by atoms with Crippen molar-refractivity contribution in [3.05, 3.63) is 36.2 Å². The zero-order valence-electron chi connectivity index (χ0n) is 11.3. The molecule has 0 radical (unpaired) electrons. The normalized spacial score (nSPS) is 10.1. The van der Waals surface area contributed by atoms with E-state index in [1.807, 2.05) is 32.9 Å².